The number of nitrogens with one attached hydrogen (secondary N) is 2. The zero-order valence-electron chi connectivity index (χ0n) is 10.8. The zero-order chi connectivity index (χ0) is 14.2. The number of aromatic amines is 2. The van der Waals surface area contributed by atoms with Crippen molar-refractivity contribution in [2.24, 2.45) is 15.4 Å². The van der Waals surface area contributed by atoms with Gasteiger partial charge in [0, 0.05) is 5.41 Å². The number of H-pyrrole nitrogens is 2. The minimum absolute atomic E-state index is 0.0931. The summed E-state index contributed by atoms with van der Waals surface area (Å²) in [5, 5.41) is 9.60. The van der Waals surface area contributed by atoms with Gasteiger partial charge in [0.25, 0.3) is 0 Å². The lowest BCUT2D eigenvalue weighted by Crippen LogP contribution is -2.29. The van der Waals surface area contributed by atoms with Crippen LogP contribution < -0.4 is 11.1 Å². The third kappa shape index (κ3) is 2.54. The smallest absolute Gasteiger partial charge is 0.316 e. The quantitative estimate of drug-likeness (QED) is 0.646. The van der Waals surface area contributed by atoms with Gasteiger partial charge in [-0.25, -0.2) is 9.98 Å². The molecular weight excluding hydrogens is 248 g/mol. The molecule has 0 unspecified atom stereocenters. The Bertz CT molecular complexity index is 714. The number of aromatic nitrogens is 2. The summed E-state index contributed by atoms with van der Waals surface area (Å²) in [4.78, 5) is 34.8. The molecule has 0 fully saturated rings. The number of aromatic hydroxyl groups is 1. The molecule has 0 saturated carbocycles. The fourth-order valence-corrected chi connectivity index (χ4v) is 1.67. The maximum Gasteiger partial charge on any atom is 0.316 e. The molecule has 3 N–H and O–H groups in total. The Balaban J connectivity index is 2.51. The van der Waals surface area contributed by atoms with E-state index in [1.165, 1.54) is 12.4 Å². The lowest BCUT2D eigenvalue weighted by atomic mass is 9.88. The summed E-state index contributed by atoms with van der Waals surface area (Å²) in [6.45, 7) is 5.93. The molecule has 0 saturated heterocycles. The maximum absolute atomic E-state index is 11.2. The third-order valence-corrected chi connectivity index (χ3v) is 2.56. The van der Waals surface area contributed by atoms with Gasteiger partial charge in [-0.05, 0) is 6.08 Å². The van der Waals surface area contributed by atoms with Gasteiger partial charge in [0.1, 0.15) is 12.0 Å². The second kappa shape index (κ2) is 4.34. The van der Waals surface area contributed by atoms with Crippen molar-refractivity contribution in [1.29, 1.82) is 0 Å². The topological polar surface area (TPSA) is 111 Å². The number of nitrogens with zero attached hydrogens (tertiary/aromatic N) is 2. The minimum Gasteiger partial charge on any atom is -0.493 e. The first-order chi connectivity index (χ1) is 8.79. The van der Waals surface area contributed by atoms with Gasteiger partial charge in [0.2, 0.25) is 5.88 Å². The molecule has 0 spiro atoms. The molecule has 2 rings (SSSR count). The van der Waals surface area contributed by atoms with Crippen LogP contribution in [0.2, 0.25) is 0 Å². The molecule has 19 heavy (non-hydrogen) atoms. The van der Waals surface area contributed by atoms with E-state index in [2.05, 4.69) is 20.0 Å². The second-order valence-electron chi connectivity index (χ2n) is 5.17. The average Bonchev–Trinajstić information content (AvgIpc) is 2.73. The van der Waals surface area contributed by atoms with E-state index in [9.17, 15) is 14.7 Å². The fourth-order valence-electron chi connectivity index (χ4n) is 1.67. The Morgan fingerprint density at radius 1 is 1.21 bits per heavy atom. The van der Waals surface area contributed by atoms with Gasteiger partial charge in [-0.3, -0.25) is 14.6 Å². The van der Waals surface area contributed by atoms with Crippen LogP contribution in [0.3, 0.4) is 0 Å². The monoisotopic (exact) mass is 262 g/mol. The van der Waals surface area contributed by atoms with Crippen molar-refractivity contribution in [2.45, 2.75) is 20.8 Å². The number of hydrogen-bond acceptors (Lipinski definition) is 5. The van der Waals surface area contributed by atoms with Crippen LogP contribution in [0.4, 0.5) is 0 Å². The molecule has 1 aromatic heterocycles. The van der Waals surface area contributed by atoms with E-state index in [4.69, 9.17) is 0 Å². The lowest BCUT2D eigenvalue weighted by Gasteiger charge is -2.18. The van der Waals surface area contributed by atoms with E-state index in [0.29, 0.717) is 5.70 Å². The van der Waals surface area contributed by atoms with Crippen molar-refractivity contribution >= 4 is 18.1 Å². The summed E-state index contributed by atoms with van der Waals surface area (Å²) in [5.41, 5.74) is -0.597. The highest BCUT2D eigenvalue weighted by Gasteiger charge is 2.25. The van der Waals surface area contributed by atoms with Crippen LogP contribution in [0.5, 0.6) is 5.88 Å². The van der Waals surface area contributed by atoms with E-state index in [1.807, 2.05) is 20.8 Å². The third-order valence-electron chi connectivity index (χ3n) is 2.56. The summed E-state index contributed by atoms with van der Waals surface area (Å²) in [7, 11) is 0. The van der Waals surface area contributed by atoms with Gasteiger partial charge in [-0.1, -0.05) is 20.8 Å². The van der Waals surface area contributed by atoms with Crippen molar-refractivity contribution in [2.75, 3.05) is 0 Å². The van der Waals surface area contributed by atoms with Gasteiger partial charge in [-0.15, -0.1) is 0 Å². The summed E-state index contributed by atoms with van der Waals surface area (Å²) in [5.74, 6) is -0.410. The maximum atomic E-state index is 11.2. The van der Waals surface area contributed by atoms with Crippen LogP contribution in [0.25, 0.3) is 6.08 Å². The molecule has 0 aliphatic carbocycles. The van der Waals surface area contributed by atoms with Crippen LogP contribution in [-0.4, -0.2) is 27.1 Å². The van der Waals surface area contributed by atoms with Gasteiger partial charge < -0.3 is 10.1 Å². The average molecular weight is 262 g/mol. The summed E-state index contributed by atoms with van der Waals surface area (Å²) < 4.78 is 0. The highest BCUT2D eigenvalue weighted by Crippen LogP contribution is 2.26. The predicted molar refractivity (Wildman–Crippen MR) is 72.7 cm³/mol. The van der Waals surface area contributed by atoms with E-state index in [0.717, 1.165) is 5.71 Å². The van der Waals surface area contributed by atoms with Crippen molar-refractivity contribution < 1.29 is 5.11 Å². The zero-order valence-corrected chi connectivity index (χ0v) is 10.8. The molecule has 1 aromatic rings. The molecule has 0 bridgehead atoms. The largest absolute Gasteiger partial charge is 0.493 e. The summed E-state index contributed by atoms with van der Waals surface area (Å²) in [6, 6.07) is 0. The molecule has 0 aromatic carbocycles. The Hall–Kier alpha value is -2.44. The second-order valence-corrected chi connectivity index (χ2v) is 5.17. The SMILES string of the molecule is CC(C)(C)C1=NC=N/C1=C\c1[nH]c(=O)c(=O)[nH]c1O. The minimum atomic E-state index is -0.903. The van der Waals surface area contributed by atoms with E-state index in [-0.39, 0.29) is 11.1 Å². The van der Waals surface area contributed by atoms with E-state index in [1.54, 1.807) is 0 Å². The lowest BCUT2D eigenvalue weighted by molar-refractivity contribution is 0.446. The number of aliphatic imine (C=N–C) groups is 2. The molecular formula is C12H14N4O3. The molecule has 1 aliphatic rings. The van der Waals surface area contributed by atoms with Gasteiger partial charge >= 0.3 is 11.1 Å². The molecule has 0 amide bonds. The first-order valence-electron chi connectivity index (χ1n) is 5.67. The van der Waals surface area contributed by atoms with E-state index >= 15 is 0 Å². The van der Waals surface area contributed by atoms with Crippen LogP contribution in [-0.2, 0) is 0 Å². The summed E-state index contributed by atoms with van der Waals surface area (Å²) in [6.07, 6.45) is 2.88. The standard InChI is InChI=1S/C12H14N4O3/c1-12(2,3)8-6(13-5-14-8)4-7-9(17)16-11(19)10(18)15-7/h4-5H,1-3H3,(H,15,18)(H2,16,17,19)/b6-4-. The van der Waals surface area contributed by atoms with Crippen molar-refractivity contribution in [1.82, 2.24) is 9.97 Å². The molecule has 7 nitrogen and oxygen atoms in total. The van der Waals surface area contributed by atoms with E-state index < -0.39 is 17.0 Å². The number of allylic oxidation sites excluding steroid dienone is 1. The molecule has 2 heterocycles. The fraction of sp³-hybridized carbons (Fsp3) is 0.333. The number of hydrogen-bond donors (Lipinski definition) is 3. The molecule has 0 atom stereocenters. The first kappa shape index (κ1) is 13.0. The number of rotatable bonds is 1. The summed E-state index contributed by atoms with van der Waals surface area (Å²) >= 11 is 0. The van der Waals surface area contributed by atoms with Crippen molar-refractivity contribution in [3.05, 3.63) is 32.1 Å². The Morgan fingerprint density at radius 3 is 2.47 bits per heavy atom. The van der Waals surface area contributed by atoms with Gasteiger partial charge in [0.15, 0.2) is 0 Å². The van der Waals surface area contributed by atoms with Gasteiger partial charge in [-0.2, -0.15) is 0 Å². The molecule has 100 valence electrons. The molecule has 0 radical (unpaired) electrons. The van der Waals surface area contributed by atoms with Crippen LogP contribution >= 0.6 is 0 Å². The highest BCUT2D eigenvalue weighted by atomic mass is 16.3. The normalized spacial score (nSPS) is 17.0. The Morgan fingerprint density at radius 2 is 1.84 bits per heavy atom. The molecule has 7 heteroatoms. The van der Waals surface area contributed by atoms with Crippen LogP contribution in [0.15, 0.2) is 25.3 Å². The van der Waals surface area contributed by atoms with Gasteiger partial charge in [0.05, 0.1) is 11.4 Å². The van der Waals surface area contributed by atoms with Crippen LogP contribution in [0, 0.1) is 5.41 Å². The van der Waals surface area contributed by atoms with Crippen molar-refractivity contribution in [3.63, 3.8) is 0 Å². The highest BCUT2D eigenvalue weighted by molar-refractivity contribution is 6.13. The first-order valence-corrected chi connectivity index (χ1v) is 5.67. The predicted octanol–water partition coefficient (Wildman–Crippen LogP) is 0.639. The Labute approximate surface area is 108 Å². The Kier molecular flexibility index (Phi) is 2.97. The van der Waals surface area contributed by atoms with Crippen molar-refractivity contribution in [3.8, 4) is 5.88 Å². The molecule has 1 aliphatic heterocycles. The van der Waals surface area contributed by atoms with Crippen LogP contribution in [0.1, 0.15) is 26.5 Å².